The Morgan fingerprint density at radius 1 is 1.05 bits per heavy atom. The highest BCUT2D eigenvalue weighted by Gasteiger charge is 2.45. The van der Waals surface area contributed by atoms with Crippen LogP contribution in [0.5, 0.6) is 0 Å². The van der Waals surface area contributed by atoms with Crippen LogP contribution in [0.3, 0.4) is 0 Å². The molecule has 126 valence electrons. The van der Waals surface area contributed by atoms with E-state index in [0.717, 1.165) is 25.7 Å². The van der Waals surface area contributed by atoms with Gasteiger partial charge in [-0.05, 0) is 44.4 Å². The second kappa shape index (κ2) is 6.48. The Kier molecular flexibility index (Phi) is 4.78. The topological polar surface area (TPSA) is 66.5 Å². The first-order valence-corrected chi connectivity index (χ1v) is 10.6. The van der Waals surface area contributed by atoms with Gasteiger partial charge in [-0.3, -0.25) is 4.79 Å². The van der Waals surface area contributed by atoms with E-state index in [4.69, 9.17) is 0 Å². The third-order valence-corrected chi connectivity index (χ3v) is 6.98. The van der Waals surface area contributed by atoms with Gasteiger partial charge in [0, 0.05) is 24.5 Å². The van der Waals surface area contributed by atoms with Crippen molar-refractivity contribution in [1.82, 2.24) is 9.62 Å². The van der Waals surface area contributed by atoms with Gasteiger partial charge in [0.15, 0.2) is 0 Å². The second-order valence-electron chi connectivity index (χ2n) is 7.42. The van der Waals surface area contributed by atoms with E-state index < -0.39 is 10.0 Å². The molecule has 2 unspecified atom stereocenters. The third kappa shape index (κ3) is 3.65. The molecule has 2 heterocycles. The van der Waals surface area contributed by atoms with Gasteiger partial charge < -0.3 is 5.32 Å². The Labute approximate surface area is 133 Å². The Hall–Kier alpha value is -0.620. The zero-order valence-electron chi connectivity index (χ0n) is 13.5. The predicted octanol–water partition coefficient (Wildman–Crippen LogP) is 2.03. The number of rotatable bonds is 4. The summed E-state index contributed by atoms with van der Waals surface area (Å²) in [7, 11) is -3.12. The molecule has 2 aliphatic heterocycles. The molecule has 0 aromatic rings. The molecule has 6 heteroatoms. The van der Waals surface area contributed by atoms with Gasteiger partial charge in [-0.2, -0.15) is 4.31 Å². The second-order valence-corrected chi connectivity index (χ2v) is 9.31. The van der Waals surface area contributed by atoms with Crippen LogP contribution in [0.25, 0.3) is 0 Å². The van der Waals surface area contributed by atoms with E-state index in [1.807, 2.05) is 0 Å². The largest absolute Gasteiger partial charge is 0.353 e. The van der Waals surface area contributed by atoms with E-state index >= 15 is 0 Å². The number of carbonyl (C=O) groups is 1. The number of piperidine rings is 1. The van der Waals surface area contributed by atoms with Crippen molar-refractivity contribution in [1.29, 1.82) is 0 Å². The van der Waals surface area contributed by atoms with Crippen LogP contribution in [-0.2, 0) is 14.8 Å². The molecule has 2 atom stereocenters. The summed E-state index contributed by atoms with van der Waals surface area (Å²) in [5, 5.41) is 3.18. The molecule has 2 bridgehead atoms. The number of carbonyl (C=O) groups excluding carboxylic acids is 1. The van der Waals surface area contributed by atoms with Gasteiger partial charge in [0.2, 0.25) is 15.9 Å². The average molecular weight is 328 g/mol. The van der Waals surface area contributed by atoms with Crippen LogP contribution in [0.4, 0.5) is 0 Å². The molecule has 22 heavy (non-hydrogen) atoms. The number of nitrogens with one attached hydrogen (secondary N) is 1. The number of amides is 1. The van der Waals surface area contributed by atoms with E-state index in [9.17, 15) is 13.2 Å². The SMILES string of the molecule is CS(=O)(=O)N1C2CCC1CC(NC(=O)CC1CCCCC1)C2. The van der Waals surface area contributed by atoms with Crippen LogP contribution < -0.4 is 5.32 Å². The van der Waals surface area contributed by atoms with Crippen molar-refractivity contribution >= 4 is 15.9 Å². The Balaban J connectivity index is 1.52. The molecule has 1 N–H and O–H groups in total. The summed E-state index contributed by atoms with van der Waals surface area (Å²) in [4.78, 5) is 12.2. The molecule has 0 radical (unpaired) electrons. The minimum Gasteiger partial charge on any atom is -0.353 e. The van der Waals surface area contributed by atoms with Gasteiger partial charge in [0.1, 0.15) is 0 Å². The molecule has 0 aromatic heterocycles. The highest BCUT2D eigenvalue weighted by atomic mass is 32.2. The Bertz CT molecular complexity index is 499. The summed E-state index contributed by atoms with van der Waals surface area (Å²) in [5.41, 5.74) is 0. The molecule has 3 aliphatic rings. The zero-order chi connectivity index (χ0) is 15.7. The molecular weight excluding hydrogens is 300 g/mol. The lowest BCUT2D eigenvalue weighted by Crippen LogP contribution is -2.52. The third-order valence-electron chi connectivity index (χ3n) is 5.61. The van der Waals surface area contributed by atoms with Gasteiger partial charge in [-0.25, -0.2) is 8.42 Å². The summed E-state index contributed by atoms with van der Waals surface area (Å²) in [6.45, 7) is 0. The molecule has 5 nitrogen and oxygen atoms in total. The van der Waals surface area contributed by atoms with E-state index in [1.54, 1.807) is 4.31 Å². The Morgan fingerprint density at radius 3 is 2.18 bits per heavy atom. The molecule has 3 rings (SSSR count). The molecule has 1 aliphatic carbocycles. The van der Waals surface area contributed by atoms with Gasteiger partial charge in [-0.1, -0.05) is 19.3 Å². The molecule has 1 amide bonds. The monoisotopic (exact) mass is 328 g/mol. The van der Waals surface area contributed by atoms with Crippen LogP contribution >= 0.6 is 0 Å². The maximum absolute atomic E-state index is 12.2. The van der Waals surface area contributed by atoms with Crippen molar-refractivity contribution in [3.05, 3.63) is 0 Å². The van der Waals surface area contributed by atoms with E-state index in [-0.39, 0.29) is 24.0 Å². The molecular formula is C16H28N2O3S. The quantitative estimate of drug-likeness (QED) is 0.858. The maximum atomic E-state index is 12.2. The summed E-state index contributed by atoms with van der Waals surface area (Å²) in [5.74, 6) is 0.727. The van der Waals surface area contributed by atoms with Crippen molar-refractivity contribution < 1.29 is 13.2 Å². The highest BCUT2D eigenvalue weighted by Crippen LogP contribution is 2.37. The van der Waals surface area contributed by atoms with Crippen molar-refractivity contribution in [3.63, 3.8) is 0 Å². The lowest BCUT2D eigenvalue weighted by molar-refractivity contribution is -0.123. The summed E-state index contributed by atoms with van der Waals surface area (Å²) < 4.78 is 25.4. The number of fused-ring (bicyclic) bond motifs is 2. The molecule has 0 spiro atoms. The number of hydrogen-bond donors (Lipinski definition) is 1. The Morgan fingerprint density at radius 2 is 1.64 bits per heavy atom. The minimum atomic E-state index is -3.12. The highest BCUT2D eigenvalue weighted by molar-refractivity contribution is 7.88. The van der Waals surface area contributed by atoms with Crippen molar-refractivity contribution in [2.75, 3.05) is 6.26 Å². The fourth-order valence-electron chi connectivity index (χ4n) is 4.73. The molecule has 1 saturated carbocycles. The fraction of sp³-hybridized carbons (Fsp3) is 0.938. The van der Waals surface area contributed by atoms with E-state index in [1.165, 1.54) is 38.4 Å². The maximum Gasteiger partial charge on any atom is 0.220 e. The fourth-order valence-corrected chi connectivity index (χ4v) is 6.20. The normalized spacial score (nSPS) is 33.8. The van der Waals surface area contributed by atoms with Crippen LogP contribution in [0.15, 0.2) is 0 Å². The predicted molar refractivity (Wildman–Crippen MR) is 85.8 cm³/mol. The number of sulfonamides is 1. The van der Waals surface area contributed by atoms with Gasteiger partial charge >= 0.3 is 0 Å². The van der Waals surface area contributed by atoms with Crippen LogP contribution in [0.1, 0.15) is 64.2 Å². The van der Waals surface area contributed by atoms with Crippen molar-refractivity contribution in [2.45, 2.75) is 82.3 Å². The van der Waals surface area contributed by atoms with Crippen molar-refractivity contribution in [2.24, 2.45) is 5.92 Å². The smallest absolute Gasteiger partial charge is 0.220 e. The first-order chi connectivity index (χ1) is 10.4. The zero-order valence-corrected chi connectivity index (χ0v) is 14.3. The standard InChI is InChI=1S/C16H28N2O3S/c1-22(20,21)18-14-7-8-15(18)11-13(10-14)17-16(19)9-12-5-3-2-4-6-12/h12-15H,2-11H2,1H3,(H,17,19). The molecule has 0 aromatic carbocycles. The van der Waals surface area contributed by atoms with E-state index in [2.05, 4.69) is 5.32 Å². The van der Waals surface area contributed by atoms with Crippen LogP contribution in [0.2, 0.25) is 0 Å². The summed E-state index contributed by atoms with van der Waals surface area (Å²) in [6, 6.07) is 0.342. The summed E-state index contributed by atoms with van der Waals surface area (Å²) >= 11 is 0. The lowest BCUT2D eigenvalue weighted by Gasteiger charge is -2.37. The molecule has 2 saturated heterocycles. The lowest BCUT2D eigenvalue weighted by atomic mass is 9.86. The van der Waals surface area contributed by atoms with Gasteiger partial charge in [-0.15, -0.1) is 0 Å². The first-order valence-electron chi connectivity index (χ1n) is 8.71. The van der Waals surface area contributed by atoms with Gasteiger partial charge in [0.25, 0.3) is 0 Å². The van der Waals surface area contributed by atoms with Crippen LogP contribution in [0, 0.1) is 5.92 Å². The van der Waals surface area contributed by atoms with Crippen LogP contribution in [-0.4, -0.2) is 43.0 Å². The number of nitrogens with zero attached hydrogens (tertiary/aromatic N) is 1. The molecule has 3 fully saturated rings. The van der Waals surface area contributed by atoms with Gasteiger partial charge in [0.05, 0.1) is 6.26 Å². The van der Waals surface area contributed by atoms with Crippen molar-refractivity contribution in [3.8, 4) is 0 Å². The average Bonchev–Trinajstić information content (AvgIpc) is 2.72. The first kappa shape index (κ1) is 16.2. The summed E-state index contributed by atoms with van der Waals surface area (Å²) in [6.07, 6.45) is 11.6. The number of hydrogen-bond acceptors (Lipinski definition) is 3. The van der Waals surface area contributed by atoms with E-state index in [0.29, 0.717) is 12.3 Å². The minimum absolute atomic E-state index is 0.0914.